The Morgan fingerprint density at radius 2 is 1.78 bits per heavy atom. The summed E-state index contributed by atoms with van der Waals surface area (Å²) in [6.07, 6.45) is 7.59. The number of likely N-dealkylation sites (tertiary alicyclic amines) is 1. The lowest BCUT2D eigenvalue weighted by molar-refractivity contribution is -0.127. The predicted molar refractivity (Wildman–Crippen MR) is 147 cm³/mol. The van der Waals surface area contributed by atoms with Gasteiger partial charge in [-0.2, -0.15) is 4.98 Å². The maximum atomic E-state index is 11.8. The second-order valence-corrected chi connectivity index (χ2v) is 10.2. The summed E-state index contributed by atoms with van der Waals surface area (Å²) >= 11 is 0. The third-order valence-corrected chi connectivity index (χ3v) is 7.69. The fourth-order valence-electron chi connectivity index (χ4n) is 5.32. The van der Waals surface area contributed by atoms with E-state index in [1.54, 1.807) is 0 Å². The van der Waals surface area contributed by atoms with E-state index in [-0.39, 0.29) is 11.4 Å². The van der Waals surface area contributed by atoms with Crippen molar-refractivity contribution < 1.29 is 4.79 Å². The largest absolute Gasteiger partial charge is 0.354 e. The van der Waals surface area contributed by atoms with Gasteiger partial charge in [-0.15, -0.1) is 0 Å². The Bertz CT molecular complexity index is 1420. The molecule has 1 aliphatic heterocycles. The van der Waals surface area contributed by atoms with Crippen LogP contribution in [0.5, 0.6) is 0 Å². The molecule has 7 nitrogen and oxygen atoms in total. The second-order valence-electron chi connectivity index (χ2n) is 10.2. The number of fused-ring (bicyclic) bond motifs is 1. The van der Waals surface area contributed by atoms with Crippen LogP contribution in [0.1, 0.15) is 44.1 Å². The van der Waals surface area contributed by atoms with E-state index >= 15 is 0 Å². The molecule has 2 aromatic carbocycles. The number of anilines is 1. The van der Waals surface area contributed by atoms with E-state index in [1.807, 2.05) is 29.3 Å². The van der Waals surface area contributed by atoms with Gasteiger partial charge in [-0.1, -0.05) is 54.6 Å². The summed E-state index contributed by atoms with van der Waals surface area (Å²) in [5, 5.41) is 4.20. The molecule has 3 heterocycles. The van der Waals surface area contributed by atoms with Gasteiger partial charge in [0, 0.05) is 54.3 Å². The summed E-state index contributed by atoms with van der Waals surface area (Å²) in [5.41, 5.74) is 12.3. The SMILES string of the molecule is NC1(c2ccc(-c3nc4nc(NCCCN5CCCC5=O)ncc4cc3-c3ccccc3)cc2)CCC1. The average Bonchev–Trinajstić information content (AvgIpc) is 3.34. The van der Waals surface area contributed by atoms with E-state index in [0.717, 1.165) is 66.5 Å². The first-order chi connectivity index (χ1) is 18.1. The minimum atomic E-state index is -0.187. The number of carbonyl (C=O) groups excluding carboxylic acids is 1. The second kappa shape index (κ2) is 9.90. The highest BCUT2D eigenvalue weighted by molar-refractivity contribution is 5.90. The van der Waals surface area contributed by atoms with Gasteiger partial charge in [-0.05, 0) is 49.3 Å². The minimum Gasteiger partial charge on any atom is -0.354 e. The molecule has 1 amide bonds. The Morgan fingerprint density at radius 3 is 2.49 bits per heavy atom. The summed E-state index contributed by atoms with van der Waals surface area (Å²) in [6, 6.07) is 21.0. The summed E-state index contributed by atoms with van der Waals surface area (Å²) in [4.78, 5) is 28.0. The molecular formula is C30H32N6O. The van der Waals surface area contributed by atoms with Gasteiger partial charge in [0.05, 0.1) is 5.69 Å². The predicted octanol–water partition coefficient (Wildman–Crippen LogP) is 5.12. The van der Waals surface area contributed by atoms with Crippen LogP contribution in [0.3, 0.4) is 0 Å². The first kappa shape index (κ1) is 23.6. The highest BCUT2D eigenvalue weighted by Gasteiger charge is 2.34. The maximum absolute atomic E-state index is 11.8. The number of benzene rings is 2. The topological polar surface area (TPSA) is 97.0 Å². The highest BCUT2D eigenvalue weighted by atomic mass is 16.2. The molecule has 2 fully saturated rings. The lowest BCUT2D eigenvalue weighted by atomic mass is 9.72. The normalized spacial score (nSPS) is 16.7. The average molecular weight is 493 g/mol. The Balaban J connectivity index is 1.28. The first-order valence-corrected chi connectivity index (χ1v) is 13.2. The third kappa shape index (κ3) is 4.79. The lowest BCUT2D eigenvalue weighted by Crippen LogP contribution is -2.43. The molecule has 3 N–H and O–H groups in total. The van der Waals surface area contributed by atoms with Crippen molar-refractivity contribution in [1.82, 2.24) is 19.9 Å². The molecule has 2 aliphatic rings. The maximum Gasteiger partial charge on any atom is 0.224 e. The summed E-state index contributed by atoms with van der Waals surface area (Å²) in [5.74, 6) is 0.812. The molecule has 0 bridgehead atoms. The van der Waals surface area contributed by atoms with Crippen molar-refractivity contribution in [1.29, 1.82) is 0 Å². The zero-order valence-corrected chi connectivity index (χ0v) is 21.0. The standard InChI is InChI=1S/C30H32N6O/c31-30(14-5-15-30)24-12-10-22(11-13-24)27-25(21-7-2-1-3-8-21)19-23-20-33-29(35-28(23)34-27)32-16-6-18-36-17-4-9-26(36)37/h1-3,7-8,10-13,19-20H,4-6,9,14-18,31H2,(H,32,33,34,35). The van der Waals surface area contributed by atoms with Gasteiger partial charge in [0.2, 0.25) is 11.9 Å². The van der Waals surface area contributed by atoms with Gasteiger partial charge in [0.1, 0.15) is 0 Å². The van der Waals surface area contributed by atoms with Crippen LogP contribution in [0.2, 0.25) is 0 Å². The number of hydrogen-bond acceptors (Lipinski definition) is 6. The van der Waals surface area contributed by atoms with Gasteiger partial charge in [0.25, 0.3) is 0 Å². The zero-order chi connectivity index (χ0) is 25.2. The first-order valence-electron chi connectivity index (χ1n) is 13.2. The van der Waals surface area contributed by atoms with E-state index < -0.39 is 0 Å². The quantitative estimate of drug-likeness (QED) is 0.331. The molecule has 1 aliphatic carbocycles. The molecule has 4 aromatic rings. The van der Waals surface area contributed by atoms with Crippen LogP contribution in [0.4, 0.5) is 5.95 Å². The number of pyridine rings is 1. The summed E-state index contributed by atoms with van der Waals surface area (Å²) in [7, 11) is 0. The summed E-state index contributed by atoms with van der Waals surface area (Å²) in [6.45, 7) is 2.34. The van der Waals surface area contributed by atoms with Crippen molar-refractivity contribution in [3.63, 3.8) is 0 Å². The van der Waals surface area contributed by atoms with Gasteiger partial charge < -0.3 is 16.0 Å². The number of nitrogens with two attached hydrogens (primary N) is 1. The monoisotopic (exact) mass is 492 g/mol. The molecule has 1 saturated carbocycles. The van der Waals surface area contributed by atoms with Gasteiger partial charge in [-0.25, -0.2) is 9.97 Å². The fraction of sp³-hybridized carbons (Fsp3) is 0.333. The van der Waals surface area contributed by atoms with Gasteiger partial charge in [0.15, 0.2) is 5.65 Å². The zero-order valence-electron chi connectivity index (χ0n) is 21.0. The van der Waals surface area contributed by atoms with E-state index in [1.165, 1.54) is 12.0 Å². The van der Waals surface area contributed by atoms with Gasteiger partial charge in [-0.3, -0.25) is 4.79 Å². The van der Waals surface area contributed by atoms with E-state index in [0.29, 0.717) is 24.6 Å². The molecule has 0 spiro atoms. The molecule has 37 heavy (non-hydrogen) atoms. The molecule has 0 unspecified atom stereocenters. The Morgan fingerprint density at radius 1 is 0.973 bits per heavy atom. The van der Waals surface area contributed by atoms with Gasteiger partial charge >= 0.3 is 0 Å². The molecular weight excluding hydrogens is 460 g/mol. The molecule has 0 atom stereocenters. The molecule has 2 aromatic heterocycles. The fourth-order valence-corrected chi connectivity index (χ4v) is 5.32. The Hall–Kier alpha value is -3.84. The van der Waals surface area contributed by atoms with Crippen molar-refractivity contribution in [3.05, 3.63) is 72.4 Å². The van der Waals surface area contributed by atoms with Crippen molar-refractivity contribution in [2.75, 3.05) is 25.0 Å². The highest BCUT2D eigenvalue weighted by Crippen LogP contribution is 2.40. The number of carbonyl (C=O) groups is 1. The summed E-state index contributed by atoms with van der Waals surface area (Å²) < 4.78 is 0. The van der Waals surface area contributed by atoms with Crippen molar-refractivity contribution >= 4 is 22.9 Å². The van der Waals surface area contributed by atoms with E-state index in [2.05, 4.69) is 52.8 Å². The van der Waals surface area contributed by atoms with Crippen LogP contribution in [0.25, 0.3) is 33.4 Å². The van der Waals surface area contributed by atoms with Crippen LogP contribution in [0, 0.1) is 0 Å². The van der Waals surface area contributed by atoms with Crippen molar-refractivity contribution in [3.8, 4) is 22.4 Å². The number of rotatable bonds is 8. The van der Waals surface area contributed by atoms with Crippen LogP contribution >= 0.6 is 0 Å². The smallest absolute Gasteiger partial charge is 0.224 e. The molecule has 6 rings (SSSR count). The lowest BCUT2D eigenvalue weighted by Gasteiger charge is -2.38. The van der Waals surface area contributed by atoms with Crippen LogP contribution in [0.15, 0.2) is 66.9 Å². The number of hydrogen-bond donors (Lipinski definition) is 2. The third-order valence-electron chi connectivity index (χ3n) is 7.69. The molecule has 0 radical (unpaired) electrons. The molecule has 7 heteroatoms. The number of nitrogens with zero attached hydrogens (tertiary/aromatic N) is 4. The Labute approximate surface area is 217 Å². The Kier molecular flexibility index (Phi) is 6.30. The van der Waals surface area contributed by atoms with Crippen LogP contribution in [-0.4, -0.2) is 45.4 Å². The van der Waals surface area contributed by atoms with E-state index in [9.17, 15) is 4.79 Å². The number of amides is 1. The molecule has 1 saturated heterocycles. The number of nitrogens with one attached hydrogen (secondary N) is 1. The van der Waals surface area contributed by atoms with Crippen LogP contribution < -0.4 is 11.1 Å². The van der Waals surface area contributed by atoms with Crippen molar-refractivity contribution in [2.45, 2.75) is 44.1 Å². The molecule has 188 valence electrons. The minimum absolute atomic E-state index is 0.187. The van der Waals surface area contributed by atoms with Crippen LogP contribution in [-0.2, 0) is 10.3 Å². The van der Waals surface area contributed by atoms with E-state index in [4.69, 9.17) is 15.7 Å². The van der Waals surface area contributed by atoms with Crippen molar-refractivity contribution in [2.24, 2.45) is 5.73 Å². The number of aromatic nitrogens is 3.